The first-order chi connectivity index (χ1) is 7.27. The fraction of sp³-hybridized carbons (Fsp3) is 1.00. The van der Waals surface area contributed by atoms with Crippen molar-refractivity contribution in [3.63, 3.8) is 0 Å². The van der Waals surface area contributed by atoms with Gasteiger partial charge in [0.05, 0.1) is 6.61 Å². The number of ether oxygens (including phenoxy) is 1. The van der Waals surface area contributed by atoms with Gasteiger partial charge in [-0.25, -0.2) is 0 Å². The third-order valence-corrected chi connectivity index (χ3v) is 2.94. The van der Waals surface area contributed by atoms with Crippen molar-refractivity contribution in [2.24, 2.45) is 0 Å². The molecule has 0 aliphatic carbocycles. The predicted octanol–water partition coefficient (Wildman–Crippen LogP) is 0.763. The van der Waals surface area contributed by atoms with Crippen LogP contribution in [0.5, 0.6) is 0 Å². The van der Waals surface area contributed by atoms with Crippen LogP contribution in [-0.2, 0) is 4.74 Å². The van der Waals surface area contributed by atoms with Gasteiger partial charge in [0.1, 0.15) is 0 Å². The van der Waals surface area contributed by atoms with Crippen molar-refractivity contribution in [3.05, 3.63) is 0 Å². The maximum atomic E-state index is 9.79. The average molecular weight is 216 g/mol. The monoisotopic (exact) mass is 216 g/mol. The van der Waals surface area contributed by atoms with Crippen molar-refractivity contribution < 1.29 is 9.84 Å². The number of rotatable bonds is 6. The lowest BCUT2D eigenvalue weighted by molar-refractivity contribution is -0.199. The second kappa shape index (κ2) is 7.17. The zero-order chi connectivity index (χ0) is 11.1. The van der Waals surface area contributed by atoms with E-state index in [1.54, 1.807) is 0 Å². The van der Waals surface area contributed by atoms with E-state index in [1.807, 2.05) is 11.9 Å². The maximum absolute atomic E-state index is 9.79. The Morgan fingerprint density at radius 1 is 1.60 bits per heavy atom. The van der Waals surface area contributed by atoms with Gasteiger partial charge in [-0.15, -0.1) is 0 Å². The van der Waals surface area contributed by atoms with Crippen LogP contribution in [0, 0.1) is 0 Å². The van der Waals surface area contributed by atoms with Gasteiger partial charge in [0.25, 0.3) is 0 Å². The highest BCUT2D eigenvalue weighted by molar-refractivity contribution is 4.76. The Bertz CT molecular complexity index is 167. The highest BCUT2D eigenvalue weighted by Crippen LogP contribution is 2.12. The smallest absolute Gasteiger partial charge is 0.216 e. The summed E-state index contributed by atoms with van der Waals surface area (Å²) in [6.45, 7) is 4.58. The van der Waals surface area contributed by atoms with E-state index in [1.165, 1.54) is 6.42 Å². The number of hydrogen-bond acceptors (Lipinski definition) is 4. The van der Waals surface area contributed by atoms with Crippen LogP contribution >= 0.6 is 0 Å². The molecule has 0 saturated carbocycles. The number of piperidine rings is 1. The first kappa shape index (κ1) is 12.9. The van der Waals surface area contributed by atoms with Crippen molar-refractivity contribution in [1.82, 2.24) is 10.2 Å². The molecule has 1 aliphatic rings. The van der Waals surface area contributed by atoms with E-state index in [0.717, 1.165) is 32.4 Å². The second-order valence-electron chi connectivity index (χ2n) is 4.17. The normalized spacial score (nSPS) is 25.4. The Labute approximate surface area is 92.6 Å². The summed E-state index contributed by atoms with van der Waals surface area (Å²) in [7, 11) is 1.97. The van der Waals surface area contributed by atoms with Crippen molar-refractivity contribution >= 4 is 0 Å². The van der Waals surface area contributed by atoms with Gasteiger partial charge >= 0.3 is 0 Å². The predicted molar refractivity (Wildman–Crippen MR) is 60.5 cm³/mol. The standard InChI is InChI=1S/C11H24N2O2/c1-3-4-8-15-11(14)13-7-5-6-10(9-13)12-2/h10-12,14H,3-9H2,1-2H3. The Balaban J connectivity index is 2.22. The van der Waals surface area contributed by atoms with Crippen molar-refractivity contribution in [2.75, 3.05) is 26.7 Å². The van der Waals surface area contributed by atoms with Crippen molar-refractivity contribution in [3.8, 4) is 0 Å². The number of nitrogens with one attached hydrogen (secondary N) is 1. The van der Waals surface area contributed by atoms with Gasteiger partial charge in [-0.1, -0.05) is 13.3 Å². The van der Waals surface area contributed by atoms with E-state index in [4.69, 9.17) is 4.74 Å². The van der Waals surface area contributed by atoms with Gasteiger partial charge in [0, 0.05) is 19.1 Å². The summed E-state index contributed by atoms with van der Waals surface area (Å²) >= 11 is 0. The summed E-state index contributed by atoms with van der Waals surface area (Å²) < 4.78 is 5.37. The molecule has 2 N–H and O–H groups in total. The van der Waals surface area contributed by atoms with E-state index >= 15 is 0 Å². The molecule has 2 atom stereocenters. The summed E-state index contributed by atoms with van der Waals surface area (Å²) in [5, 5.41) is 13.0. The zero-order valence-corrected chi connectivity index (χ0v) is 9.91. The average Bonchev–Trinajstić information content (AvgIpc) is 2.29. The molecule has 4 nitrogen and oxygen atoms in total. The van der Waals surface area contributed by atoms with Gasteiger partial charge in [-0.3, -0.25) is 4.90 Å². The molecule has 1 aliphatic heterocycles. The van der Waals surface area contributed by atoms with Gasteiger partial charge in [-0.2, -0.15) is 0 Å². The van der Waals surface area contributed by atoms with Crippen LogP contribution in [0.3, 0.4) is 0 Å². The Hall–Kier alpha value is -0.160. The molecule has 90 valence electrons. The van der Waals surface area contributed by atoms with Crippen LogP contribution in [0.25, 0.3) is 0 Å². The van der Waals surface area contributed by atoms with Crippen LogP contribution < -0.4 is 5.32 Å². The van der Waals surface area contributed by atoms with Crippen LogP contribution in [0.2, 0.25) is 0 Å². The fourth-order valence-electron chi connectivity index (χ4n) is 1.88. The molecule has 0 bridgehead atoms. The summed E-state index contributed by atoms with van der Waals surface area (Å²) in [5.41, 5.74) is 0. The number of aliphatic hydroxyl groups excluding tert-OH is 1. The SMILES string of the molecule is CCCCOC(O)N1CCCC(NC)C1. The van der Waals surface area contributed by atoms with Crippen molar-refractivity contribution in [1.29, 1.82) is 0 Å². The molecule has 15 heavy (non-hydrogen) atoms. The third kappa shape index (κ3) is 4.47. The Morgan fingerprint density at radius 2 is 2.40 bits per heavy atom. The molecular weight excluding hydrogens is 192 g/mol. The van der Waals surface area contributed by atoms with Gasteiger partial charge in [0.2, 0.25) is 6.41 Å². The largest absolute Gasteiger partial charge is 0.356 e. The molecule has 2 unspecified atom stereocenters. The van der Waals surface area contributed by atoms with E-state index < -0.39 is 6.41 Å². The number of nitrogens with zero attached hydrogens (tertiary/aromatic N) is 1. The minimum Gasteiger partial charge on any atom is -0.356 e. The molecule has 0 aromatic carbocycles. The lowest BCUT2D eigenvalue weighted by Gasteiger charge is -2.35. The molecule has 0 aromatic heterocycles. The molecule has 1 fully saturated rings. The minimum atomic E-state index is -0.715. The second-order valence-corrected chi connectivity index (χ2v) is 4.17. The molecule has 1 heterocycles. The fourth-order valence-corrected chi connectivity index (χ4v) is 1.88. The first-order valence-electron chi connectivity index (χ1n) is 5.99. The molecule has 1 rings (SSSR count). The Morgan fingerprint density at radius 3 is 3.07 bits per heavy atom. The lowest BCUT2D eigenvalue weighted by atomic mass is 10.1. The van der Waals surface area contributed by atoms with E-state index in [2.05, 4.69) is 12.2 Å². The summed E-state index contributed by atoms with van der Waals surface area (Å²) in [6, 6.07) is 0.489. The number of aliphatic hydroxyl groups is 1. The summed E-state index contributed by atoms with van der Waals surface area (Å²) in [6.07, 6.45) is 3.72. The van der Waals surface area contributed by atoms with Crippen LogP contribution in [0.4, 0.5) is 0 Å². The van der Waals surface area contributed by atoms with E-state index in [9.17, 15) is 5.11 Å². The maximum Gasteiger partial charge on any atom is 0.216 e. The van der Waals surface area contributed by atoms with Gasteiger partial charge < -0.3 is 15.2 Å². The molecule has 0 amide bonds. The van der Waals surface area contributed by atoms with Crippen LogP contribution in [-0.4, -0.2) is 49.2 Å². The molecule has 0 radical (unpaired) electrons. The summed E-state index contributed by atoms with van der Waals surface area (Å²) in [4.78, 5) is 2.00. The molecule has 4 heteroatoms. The third-order valence-electron chi connectivity index (χ3n) is 2.94. The number of hydrogen-bond donors (Lipinski definition) is 2. The minimum absolute atomic E-state index is 0.489. The zero-order valence-electron chi connectivity index (χ0n) is 9.91. The topological polar surface area (TPSA) is 44.7 Å². The van der Waals surface area contributed by atoms with Crippen LogP contribution in [0.15, 0.2) is 0 Å². The number of likely N-dealkylation sites (tertiary alicyclic amines) is 1. The highest BCUT2D eigenvalue weighted by atomic mass is 16.6. The van der Waals surface area contributed by atoms with E-state index in [-0.39, 0.29) is 0 Å². The number of likely N-dealkylation sites (N-methyl/N-ethyl adjacent to an activating group) is 1. The first-order valence-corrected chi connectivity index (χ1v) is 5.99. The Kier molecular flexibility index (Phi) is 6.17. The number of unbranched alkanes of at least 4 members (excludes halogenated alkanes) is 1. The lowest BCUT2D eigenvalue weighted by Crippen LogP contribution is -2.49. The van der Waals surface area contributed by atoms with Crippen molar-refractivity contribution in [2.45, 2.75) is 45.1 Å². The van der Waals surface area contributed by atoms with Gasteiger partial charge in [-0.05, 0) is 26.3 Å². The van der Waals surface area contributed by atoms with Gasteiger partial charge in [0.15, 0.2) is 0 Å². The quantitative estimate of drug-likeness (QED) is 0.508. The molecule has 1 saturated heterocycles. The molecule has 0 aromatic rings. The molecular formula is C11H24N2O2. The molecule has 0 spiro atoms. The van der Waals surface area contributed by atoms with E-state index in [0.29, 0.717) is 12.6 Å². The highest BCUT2D eigenvalue weighted by Gasteiger charge is 2.23. The van der Waals surface area contributed by atoms with Crippen LogP contribution in [0.1, 0.15) is 32.6 Å². The summed E-state index contributed by atoms with van der Waals surface area (Å²) in [5.74, 6) is 0.